The number of rotatable bonds is 3. The Kier molecular flexibility index (Phi) is 4.12. The van der Waals surface area contributed by atoms with Crippen LogP contribution in [-0.2, 0) is 0 Å². The summed E-state index contributed by atoms with van der Waals surface area (Å²) in [6, 6.07) is 32.4. The van der Waals surface area contributed by atoms with Crippen LogP contribution < -0.4 is 0 Å². The third-order valence-electron chi connectivity index (χ3n) is 4.74. The Morgan fingerprint density at radius 1 is 0.542 bits per heavy atom. The van der Waals surface area contributed by atoms with E-state index in [-0.39, 0.29) is 0 Å². The average molecular weight is 308 g/mol. The van der Waals surface area contributed by atoms with E-state index in [4.69, 9.17) is 0 Å². The van der Waals surface area contributed by atoms with Crippen LogP contribution in [0.4, 0.5) is 0 Å². The molecule has 24 heavy (non-hydrogen) atoms. The van der Waals surface area contributed by atoms with Crippen LogP contribution in [0.1, 0.15) is 28.5 Å². The fraction of sp³-hybridized carbons (Fsp3) is 0.0833. The first-order chi connectivity index (χ1) is 11.9. The SMILES string of the molecule is C1=C[C@@H](c2ccccc2)[C@H](c2ccccc2)C(c2ccccc2)=C1. The normalized spacial score (nSPS) is 19.8. The smallest absolute Gasteiger partial charge is 0.0199 e. The van der Waals surface area contributed by atoms with E-state index >= 15 is 0 Å². The lowest BCUT2D eigenvalue weighted by atomic mass is 9.72. The first-order valence-corrected chi connectivity index (χ1v) is 8.47. The van der Waals surface area contributed by atoms with Crippen LogP contribution in [0.2, 0.25) is 0 Å². The van der Waals surface area contributed by atoms with E-state index in [0.717, 1.165) is 0 Å². The van der Waals surface area contributed by atoms with E-state index in [1.54, 1.807) is 0 Å². The molecule has 0 spiro atoms. The predicted octanol–water partition coefficient (Wildman–Crippen LogP) is 6.21. The molecule has 0 radical (unpaired) electrons. The van der Waals surface area contributed by atoms with Crippen LogP contribution >= 0.6 is 0 Å². The molecule has 0 aliphatic heterocycles. The van der Waals surface area contributed by atoms with Crippen molar-refractivity contribution in [3.8, 4) is 0 Å². The van der Waals surface area contributed by atoms with E-state index in [9.17, 15) is 0 Å². The van der Waals surface area contributed by atoms with E-state index < -0.39 is 0 Å². The molecule has 0 fully saturated rings. The maximum Gasteiger partial charge on any atom is 0.0199 e. The molecule has 1 aliphatic carbocycles. The third kappa shape index (κ3) is 2.83. The number of hydrogen-bond acceptors (Lipinski definition) is 0. The summed E-state index contributed by atoms with van der Waals surface area (Å²) in [6.07, 6.45) is 6.81. The van der Waals surface area contributed by atoms with Gasteiger partial charge in [0, 0.05) is 11.8 Å². The highest BCUT2D eigenvalue weighted by Gasteiger charge is 2.28. The third-order valence-corrected chi connectivity index (χ3v) is 4.74. The Hall–Kier alpha value is -2.86. The maximum absolute atomic E-state index is 2.33. The van der Waals surface area contributed by atoms with Gasteiger partial charge in [-0.1, -0.05) is 109 Å². The Labute approximate surface area is 143 Å². The van der Waals surface area contributed by atoms with Gasteiger partial charge in [0.25, 0.3) is 0 Å². The van der Waals surface area contributed by atoms with Gasteiger partial charge in [-0.25, -0.2) is 0 Å². The molecule has 0 saturated heterocycles. The van der Waals surface area contributed by atoms with E-state index in [2.05, 4.69) is 109 Å². The minimum atomic E-state index is 0.334. The lowest BCUT2D eigenvalue weighted by Crippen LogP contribution is -2.14. The van der Waals surface area contributed by atoms with Gasteiger partial charge in [0.1, 0.15) is 0 Å². The quantitative estimate of drug-likeness (QED) is 0.540. The molecule has 0 aromatic heterocycles. The zero-order valence-corrected chi connectivity index (χ0v) is 13.5. The average Bonchev–Trinajstić information content (AvgIpc) is 2.69. The van der Waals surface area contributed by atoms with Crippen LogP contribution in [0.3, 0.4) is 0 Å². The molecule has 0 amide bonds. The Morgan fingerprint density at radius 2 is 1.08 bits per heavy atom. The highest BCUT2D eigenvalue weighted by atomic mass is 14.3. The van der Waals surface area contributed by atoms with Gasteiger partial charge in [-0.05, 0) is 22.3 Å². The monoisotopic (exact) mass is 308 g/mol. The molecule has 116 valence electrons. The van der Waals surface area contributed by atoms with E-state index in [0.29, 0.717) is 11.8 Å². The summed E-state index contributed by atoms with van der Waals surface area (Å²) in [5.41, 5.74) is 5.42. The second-order valence-electron chi connectivity index (χ2n) is 6.20. The van der Waals surface area contributed by atoms with Crippen LogP contribution in [0.15, 0.2) is 109 Å². The molecule has 0 unspecified atom stereocenters. The zero-order valence-electron chi connectivity index (χ0n) is 13.5. The van der Waals surface area contributed by atoms with Gasteiger partial charge in [-0.2, -0.15) is 0 Å². The van der Waals surface area contributed by atoms with Gasteiger partial charge in [0.05, 0.1) is 0 Å². The van der Waals surface area contributed by atoms with Gasteiger partial charge in [0.15, 0.2) is 0 Å². The number of allylic oxidation sites excluding steroid dienone is 4. The second-order valence-corrected chi connectivity index (χ2v) is 6.20. The van der Waals surface area contributed by atoms with Crippen molar-refractivity contribution in [2.75, 3.05) is 0 Å². The van der Waals surface area contributed by atoms with Gasteiger partial charge in [-0.15, -0.1) is 0 Å². The number of hydrogen-bond donors (Lipinski definition) is 0. The molecule has 2 atom stereocenters. The van der Waals surface area contributed by atoms with Crippen molar-refractivity contribution in [2.45, 2.75) is 11.8 Å². The topological polar surface area (TPSA) is 0 Å². The molecule has 1 aliphatic rings. The van der Waals surface area contributed by atoms with Gasteiger partial charge < -0.3 is 0 Å². The first-order valence-electron chi connectivity index (χ1n) is 8.47. The molecular weight excluding hydrogens is 288 g/mol. The highest BCUT2D eigenvalue weighted by molar-refractivity contribution is 5.76. The summed E-state index contributed by atoms with van der Waals surface area (Å²) in [7, 11) is 0. The van der Waals surface area contributed by atoms with E-state index in [1.165, 1.54) is 22.3 Å². The number of benzene rings is 3. The molecule has 0 N–H and O–H groups in total. The van der Waals surface area contributed by atoms with Crippen LogP contribution in [0.5, 0.6) is 0 Å². The Bertz CT molecular complexity index is 842. The highest BCUT2D eigenvalue weighted by Crippen LogP contribution is 2.45. The van der Waals surface area contributed by atoms with Crippen LogP contribution in [0.25, 0.3) is 5.57 Å². The van der Waals surface area contributed by atoms with Crippen molar-refractivity contribution in [3.63, 3.8) is 0 Å². The van der Waals surface area contributed by atoms with Crippen molar-refractivity contribution in [2.24, 2.45) is 0 Å². The van der Waals surface area contributed by atoms with Crippen molar-refractivity contribution < 1.29 is 0 Å². The van der Waals surface area contributed by atoms with Crippen LogP contribution in [-0.4, -0.2) is 0 Å². The fourth-order valence-electron chi connectivity index (χ4n) is 3.62. The first kappa shape index (κ1) is 14.7. The predicted molar refractivity (Wildman–Crippen MR) is 102 cm³/mol. The molecule has 0 bridgehead atoms. The van der Waals surface area contributed by atoms with Crippen molar-refractivity contribution in [1.29, 1.82) is 0 Å². The second kappa shape index (κ2) is 6.72. The molecule has 3 aromatic carbocycles. The lowest BCUT2D eigenvalue weighted by Gasteiger charge is -2.31. The maximum atomic E-state index is 2.33. The zero-order chi connectivity index (χ0) is 16.2. The molecule has 0 nitrogen and oxygen atoms in total. The minimum Gasteiger partial charge on any atom is -0.0760 e. The standard InChI is InChI=1S/C24H20/c1-4-11-19(12-5-1)22-17-10-18-23(20-13-6-2-7-14-20)24(22)21-15-8-3-9-16-21/h1-18,22,24H/t22-,24-/m0/s1. The van der Waals surface area contributed by atoms with E-state index in [1.807, 2.05) is 0 Å². The van der Waals surface area contributed by atoms with Crippen molar-refractivity contribution in [1.82, 2.24) is 0 Å². The molecule has 0 heterocycles. The minimum absolute atomic E-state index is 0.334. The van der Waals surface area contributed by atoms with Gasteiger partial charge in [-0.3, -0.25) is 0 Å². The summed E-state index contributed by atoms with van der Waals surface area (Å²) >= 11 is 0. The van der Waals surface area contributed by atoms with Crippen LogP contribution in [0, 0.1) is 0 Å². The summed E-state index contributed by atoms with van der Waals surface area (Å²) < 4.78 is 0. The molecule has 0 heteroatoms. The fourth-order valence-corrected chi connectivity index (χ4v) is 3.62. The van der Waals surface area contributed by atoms with Gasteiger partial charge >= 0.3 is 0 Å². The molecule has 0 saturated carbocycles. The van der Waals surface area contributed by atoms with Gasteiger partial charge in [0.2, 0.25) is 0 Å². The lowest BCUT2D eigenvalue weighted by molar-refractivity contribution is 0.746. The molecule has 3 aromatic rings. The van der Waals surface area contributed by atoms with Crippen molar-refractivity contribution in [3.05, 3.63) is 126 Å². The largest absolute Gasteiger partial charge is 0.0760 e. The summed E-state index contributed by atoms with van der Waals surface area (Å²) in [5, 5.41) is 0. The Morgan fingerprint density at radius 3 is 1.71 bits per heavy atom. The summed E-state index contributed by atoms with van der Waals surface area (Å²) in [6.45, 7) is 0. The van der Waals surface area contributed by atoms with Crippen molar-refractivity contribution >= 4 is 5.57 Å². The molecule has 4 rings (SSSR count). The Balaban J connectivity index is 1.84. The summed E-state index contributed by atoms with van der Waals surface area (Å²) in [4.78, 5) is 0. The molecular formula is C24H20. The summed E-state index contributed by atoms with van der Waals surface area (Å²) in [5.74, 6) is 0.690.